The first-order chi connectivity index (χ1) is 8.55. The Hall–Kier alpha value is -1.10. The quantitative estimate of drug-likeness (QED) is 0.766. The molecule has 2 N–H and O–H groups in total. The Kier molecular flexibility index (Phi) is 3.90. The zero-order valence-electron chi connectivity index (χ0n) is 10.9. The molecule has 0 spiro atoms. The highest BCUT2D eigenvalue weighted by Crippen LogP contribution is 2.31. The first kappa shape index (κ1) is 13.3. The van der Waals surface area contributed by atoms with Crippen molar-refractivity contribution >= 4 is 11.9 Å². The van der Waals surface area contributed by atoms with E-state index in [0.29, 0.717) is 13.0 Å². The highest BCUT2D eigenvalue weighted by molar-refractivity contribution is 5.88. The number of hydrogen-bond donors (Lipinski definition) is 2. The van der Waals surface area contributed by atoms with Gasteiger partial charge in [-0.15, -0.1) is 0 Å². The molecule has 2 aliphatic rings. The van der Waals surface area contributed by atoms with E-state index in [0.717, 1.165) is 38.8 Å². The monoisotopic (exact) mass is 254 g/mol. The fourth-order valence-electron chi connectivity index (χ4n) is 2.99. The molecule has 2 aliphatic heterocycles. The number of carboxylic acid groups (broad SMARTS) is 1. The van der Waals surface area contributed by atoms with Gasteiger partial charge in [-0.25, -0.2) is 4.79 Å². The van der Waals surface area contributed by atoms with Crippen LogP contribution in [0.5, 0.6) is 0 Å². The molecule has 0 aliphatic carbocycles. The lowest BCUT2D eigenvalue weighted by atomic mass is 9.86. The lowest BCUT2D eigenvalue weighted by molar-refractivity contribution is -0.163. The third-order valence-corrected chi connectivity index (χ3v) is 4.31. The Morgan fingerprint density at radius 1 is 1.28 bits per heavy atom. The Labute approximate surface area is 108 Å². The molecule has 2 rings (SSSR count). The maximum Gasteiger partial charge on any atom is 0.329 e. The molecule has 2 fully saturated rings. The molecule has 0 radical (unpaired) electrons. The van der Waals surface area contributed by atoms with E-state index in [1.807, 2.05) is 0 Å². The van der Waals surface area contributed by atoms with Crippen LogP contribution >= 0.6 is 0 Å². The predicted molar refractivity (Wildman–Crippen MR) is 67.2 cm³/mol. The molecule has 1 atom stereocenters. The fourth-order valence-corrected chi connectivity index (χ4v) is 2.99. The summed E-state index contributed by atoms with van der Waals surface area (Å²) in [6, 6.07) is 0. The van der Waals surface area contributed by atoms with E-state index in [2.05, 4.69) is 5.32 Å². The molecule has 5 heteroatoms. The lowest BCUT2D eigenvalue weighted by Gasteiger charge is -2.43. The predicted octanol–water partition coefficient (Wildman–Crippen LogP) is 0.842. The van der Waals surface area contributed by atoms with E-state index >= 15 is 0 Å². The van der Waals surface area contributed by atoms with Crippen molar-refractivity contribution < 1.29 is 14.7 Å². The summed E-state index contributed by atoms with van der Waals surface area (Å²) < 4.78 is 0. The summed E-state index contributed by atoms with van der Waals surface area (Å²) in [7, 11) is 0. The van der Waals surface area contributed by atoms with Crippen LogP contribution in [0.25, 0.3) is 0 Å². The second-order valence-corrected chi connectivity index (χ2v) is 5.55. The van der Waals surface area contributed by atoms with Gasteiger partial charge in [0.2, 0.25) is 5.91 Å². The van der Waals surface area contributed by atoms with Crippen LogP contribution in [0.4, 0.5) is 0 Å². The van der Waals surface area contributed by atoms with Crippen LogP contribution in [0, 0.1) is 5.92 Å². The van der Waals surface area contributed by atoms with Crippen molar-refractivity contribution in [2.45, 2.75) is 44.6 Å². The first-order valence-electron chi connectivity index (χ1n) is 6.81. The Morgan fingerprint density at radius 3 is 2.56 bits per heavy atom. The van der Waals surface area contributed by atoms with Crippen LogP contribution in [0.1, 0.15) is 39.0 Å². The maximum atomic E-state index is 12.5. The smallest absolute Gasteiger partial charge is 0.329 e. The minimum Gasteiger partial charge on any atom is -0.480 e. The second-order valence-electron chi connectivity index (χ2n) is 5.55. The molecular weight excluding hydrogens is 232 g/mol. The van der Waals surface area contributed by atoms with E-state index < -0.39 is 11.5 Å². The number of aliphatic carboxylic acids is 1. The van der Waals surface area contributed by atoms with Gasteiger partial charge in [-0.1, -0.05) is 0 Å². The molecule has 2 heterocycles. The number of rotatable bonds is 2. The number of likely N-dealkylation sites (tertiary alicyclic amines) is 1. The largest absolute Gasteiger partial charge is 0.480 e. The van der Waals surface area contributed by atoms with Crippen LogP contribution in [-0.2, 0) is 9.59 Å². The summed E-state index contributed by atoms with van der Waals surface area (Å²) in [4.78, 5) is 25.6. The van der Waals surface area contributed by atoms with Gasteiger partial charge in [0.15, 0.2) is 0 Å². The van der Waals surface area contributed by atoms with Gasteiger partial charge in [-0.3, -0.25) is 4.79 Å². The van der Waals surface area contributed by atoms with E-state index in [4.69, 9.17) is 0 Å². The number of nitrogens with one attached hydrogen (secondary N) is 1. The van der Waals surface area contributed by atoms with Crippen LogP contribution in [0.15, 0.2) is 0 Å². The number of piperidine rings is 2. The van der Waals surface area contributed by atoms with Crippen LogP contribution in [0.3, 0.4) is 0 Å². The number of amides is 1. The summed E-state index contributed by atoms with van der Waals surface area (Å²) in [6.07, 6.45) is 4.02. The molecule has 0 aromatic heterocycles. The van der Waals surface area contributed by atoms with Gasteiger partial charge in [0.25, 0.3) is 0 Å². The Bertz CT molecular complexity index is 339. The van der Waals surface area contributed by atoms with Crippen molar-refractivity contribution in [3.05, 3.63) is 0 Å². The highest BCUT2D eigenvalue weighted by Gasteiger charge is 2.45. The normalized spacial score (nSPS) is 30.2. The minimum absolute atomic E-state index is 0.00280. The summed E-state index contributed by atoms with van der Waals surface area (Å²) in [5.41, 5.74) is -1.000. The summed E-state index contributed by atoms with van der Waals surface area (Å²) >= 11 is 0. The van der Waals surface area contributed by atoms with Crippen LogP contribution in [0.2, 0.25) is 0 Å². The average molecular weight is 254 g/mol. The molecule has 0 aromatic carbocycles. The summed E-state index contributed by atoms with van der Waals surface area (Å²) in [6.45, 7) is 3.99. The van der Waals surface area contributed by atoms with Gasteiger partial charge < -0.3 is 15.3 Å². The van der Waals surface area contributed by atoms with Crippen molar-refractivity contribution in [1.29, 1.82) is 0 Å². The van der Waals surface area contributed by atoms with E-state index in [9.17, 15) is 14.7 Å². The lowest BCUT2D eigenvalue weighted by Crippen LogP contribution is -2.59. The van der Waals surface area contributed by atoms with Gasteiger partial charge in [-0.2, -0.15) is 0 Å². The third-order valence-electron chi connectivity index (χ3n) is 4.31. The molecule has 102 valence electrons. The van der Waals surface area contributed by atoms with Crippen molar-refractivity contribution in [3.8, 4) is 0 Å². The molecule has 0 bridgehead atoms. The molecule has 1 amide bonds. The van der Waals surface area contributed by atoms with E-state index in [1.165, 1.54) is 0 Å². The molecule has 0 aromatic rings. The van der Waals surface area contributed by atoms with Crippen molar-refractivity contribution in [2.75, 3.05) is 19.6 Å². The van der Waals surface area contributed by atoms with E-state index in [-0.39, 0.29) is 11.8 Å². The fraction of sp³-hybridized carbons (Fsp3) is 0.846. The average Bonchev–Trinajstić information content (AvgIpc) is 2.39. The van der Waals surface area contributed by atoms with Gasteiger partial charge in [0.1, 0.15) is 5.54 Å². The number of carbonyl (C=O) groups is 2. The van der Waals surface area contributed by atoms with Crippen molar-refractivity contribution in [2.24, 2.45) is 5.92 Å². The molecule has 0 saturated carbocycles. The molecule has 2 saturated heterocycles. The van der Waals surface area contributed by atoms with E-state index in [1.54, 1.807) is 11.8 Å². The molecule has 1 unspecified atom stereocenters. The van der Waals surface area contributed by atoms with Crippen LogP contribution < -0.4 is 5.32 Å². The zero-order chi connectivity index (χ0) is 13.2. The number of nitrogens with zero attached hydrogens (tertiary/aromatic N) is 1. The summed E-state index contributed by atoms with van der Waals surface area (Å²) in [5.74, 6) is -0.825. The van der Waals surface area contributed by atoms with Gasteiger partial charge in [0.05, 0.1) is 0 Å². The topological polar surface area (TPSA) is 69.6 Å². The molecule has 18 heavy (non-hydrogen) atoms. The highest BCUT2D eigenvalue weighted by atomic mass is 16.4. The number of carboxylic acids is 1. The van der Waals surface area contributed by atoms with Crippen molar-refractivity contribution in [1.82, 2.24) is 10.2 Å². The zero-order valence-corrected chi connectivity index (χ0v) is 10.9. The minimum atomic E-state index is -1.000. The summed E-state index contributed by atoms with van der Waals surface area (Å²) in [5, 5.41) is 12.6. The van der Waals surface area contributed by atoms with Gasteiger partial charge in [-0.05, 0) is 52.1 Å². The Morgan fingerprint density at radius 2 is 1.94 bits per heavy atom. The SMILES string of the molecule is CC1(C(=O)O)CCCCN1C(=O)C1CCNCC1. The maximum absolute atomic E-state index is 12.5. The molecular formula is C13H22N2O3. The first-order valence-corrected chi connectivity index (χ1v) is 6.81. The van der Waals surface area contributed by atoms with Gasteiger partial charge in [0, 0.05) is 12.5 Å². The molecule has 5 nitrogen and oxygen atoms in total. The van der Waals surface area contributed by atoms with Gasteiger partial charge >= 0.3 is 5.97 Å². The van der Waals surface area contributed by atoms with Crippen LogP contribution in [-0.4, -0.2) is 47.1 Å². The number of carbonyl (C=O) groups excluding carboxylic acids is 1. The standard InChI is InChI=1S/C13H22N2O3/c1-13(12(17)18)6-2-3-9-15(13)11(16)10-4-7-14-8-5-10/h10,14H,2-9H2,1H3,(H,17,18). The number of hydrogen-bond acceptors (Lipinski definition) is 3. The Balaban J connectivity index is 2.13. The van der Waals surface area contributed by atoms with Crippen molar-refractivity contribution in [3.63, 3.8) is 0 Å². The third kappa shape index (κ3) is 2.36. The second kappa shape index (κ2) is 5.26.